The molecular formula is C16H21N5O3S. The van der Waals surface area contributed by atoms with E-state index in [1.807, 2.05) is 31.4 Å². The molecule has 0 unspecified atom stereocenters. The van der Waals surface area contributed by atoms with Crippen molar-refractivity contribution in [3.63, 3.8) is 0 Å². The van der Waals surface area contributed by atoms with E-state index in [9.17, 15) is 9.59 Å². The predicted octanol–water partition coefficient (Wildman–Crippen LogP) is 2.36. The number of carbonyl (C=O) groups is 2. The SMILES string of the molecule is C=CCn1c(SCC(=O)NC(=O)NC(C)C)nnc1-c1ccoc1C. The summed E-state index contributed by atoms with van der Waals surface area (Å²) in [5, 5.41) is 13.8. The zero-order valence-corrected chi connectivity index (χ0v) is 15.2. The van der Waals surface area contributed by atoms with E-state index in [0.29, 0.717) is 17.5 Å². The Balaban J connectivity index is 2.06. The molecule has 2 aromatic heterocycles. The number of hydrogen-bond donors (Lipinski definition) is 2. The van der Waals surface area contributed by atoms with Crippen molar-refractivity contribution in [1.29, 1.82) is 0 Å². The van der Waals surface area contributed by atoms with Gasteiger partial charge in [-0.3, -0.25) is 14.7 Å². The number of allylic oxidation sites excluding steroid dienone is 1. The van der Waals surface area contributed by atoms with Gasteiger partial charge in [-0.05, 0) is 26.8 Å². The Hall–Kier alpha value is -2.55. The van der Waals surface area contributed by atoms with Crippen molar-refractivity contribution in [2.45, 2.75) is 38.5 Å². The lowest BCUT2D eigenvalue weighted by Crippen LogP contribution is -2.43. The molecule has 0 radical (unpaired) electrons. The van der Waals surface area contributed by atoms with Crippen LogP contribution in [0.2, 0.25) is 0 Å². The minimum absolute atomic E-state index is 0.0445. The molecule has 0 saturated carbocycles. The number of aromatic nitrogens is 3. The molecule has 0 spiro atoms. The van der Waals surface area contributed by atoms with E-state index < -0.39 is 11.9 Å². The Morgan fingerprint density at radius 3 is 2.80 bits per heavy atom. The van der Waals surface area contributed by atoms with Gasteiger partial charge in [0.2, 0.25) is 5.91 Å². The smallest absolute Gasteiger partial charge is 0.321 e. The van der Waals surface area contributed by atoms with Crippen LogP contribution in [0.15, 0.2) is 34.6 Å². The Morgan fingerprint density at radius 1 is 1.44 bits per heavy atom. The van der Waals surface area contributed by atoms with Crippen LogP contribution in [0.5, 0.6) is 0 Å². The van der Waals surface area contributed by atoms with E-state index in [0.717, 1.165) is 11.3 Å². The Morgan fingerprint density at radius 2 is 2.20 bits per heavy atom. The summed E-state index contributed by atoms with van der Waals surface area (Å²) in [6, 6.07) is 1.26. The van der Waals surface area contributed by atoms with Gasteiger partial charge in [0.15, 0.2) is 11.0 Å². The number of urea groups is 1. The molecule has 0 atom stereocenters. The van der Waals surface area contributed by atoms with E-state index in [1.54, 1.807) is 12.3 Å². The molecule has 3 amide bonds. The number of aryl methyl sites for hydroxylation is 1. The lowest BCUT2D eigenvalue weighted by molar-refractivity contribution is -0.117. The second-order valence-electron chi connectivity index (χ2n) is 5.56. The molecule has 134 valence electrons. The molecule has 2 N–H and O–H groups in total. The number of furan rings is 1. The van der Waals surface area contributed by atoms with E-state index in [2.05, 4.69) is 27.4 Å². The quantitative estimate of drug-likeness (QED) is 0.578. The van der Waals surface area contributed by atoms with Gasteiger partial charge in [-0.2, -0.15) is 0 Å². The summed E-state index contributed by atoms with van der Waals surface area (Å²) in [7, 11) is 0. The van der Waals surface area contributed by atoms with Crippen molar-refractivity contribution in [2.75, 3.05) is 5.75 Å². The maximum absolute atomic E-state index is 11.9. The van der Waals surface area contributed by atoms with E-state index in [1.165, 1.54) is 11.8 Å². The average molecular weight is 363 g/mol. The van der Waals surface area contributed by atoms with Crippen LogP contribution in [0.4, 0.5) is 4.79 Å². The van der Waals surface area contributed by atoms with E-state index >= 15 is 0 Å². The van der Waals surface area contributed by atoms with Gasteiger partial charge < -0.3 is 9.73 Å². The van der Waals surface area contributed by atoms with Crippen molar-refractivity contribution in [2.24, 2.45) is 0 Å². The first kappa shape index (κ1) is 18.8. The second kappa shape index (κ2) is 8.52. The highest BCUT2D eigenvalue weighted by molar-refractivity contribution is 7.99. The standard InChI is InChI=1S/C16H21N5O3S/c1-5-7-21-14(12-6-8-24-11(12)4)19-20-16(21)25-9-13(22)18-15(23)17-10(2)3/h5-6,8,10H,1,7,9H2,2-4H3,(H2,17,18,22,23). The largest absolute Gasteiger partial charge is 0.469 e. The van der Waals surface area contributed by atoms with Crippen LogP contribution in [0.25, 0.3) is 11.4 Å². The minimum atomic E-state index is -0.511. The predicted molar refractivity (Wildman–Crippen MR) is 95.2 cm³/mol. The number of thioether (sulfide) groups is 1. The highest BCUT2D eigenvalue weighted by Gasteiger charge is 2.18. The van der Waals surface area contributed by atoms with Gasteiger partial charge in [-0.25, -0.2) is 4.79 Å². The van der Waals surface area contributed by atoms with E-state index in [-0.39, 0.29) is 11.8 Å². The Bertz CT molecular complexity index is 766. The highest BCUT2D eigenvalue weighted by atomic mass is 32.2. The first-order chi connectivity index (χ1) is 11.9. The molecule has 0 aliphatic heterocycles. The Labute approximate surface area is 150 Å². The maximum Gasteiger partial charge on any atom is 0.321 e. The summed E-state index contributed by atoms with van der Waals surface area (Å²) < 4.78 is 7.16. The van der Waals surface area contributed by atoms with Gasteiger partial charge in [-0.15, -0.1) is 16.8 Å². The third-order valence-electron chi connectivity index (χ3n) is 3.13. The molecule has 0 fully saturated rings. The summed E-state index contributed by atoms with van der Waals surface area (Å²) in [6.45, 7) is 9.71. The van der Waals surface area contributed by atoms with Crippen molar-refractivity contribution in [3.8, 4) is 11.4 Å². The van der Waals surface area contributed by atoms with Crippen LogP contribution in [0, 0.1) is 6.92 Å². The number of amides is 3. The van der Waals surface area contributed by atoms with Gasteiger partial charge in [-0.1, -0.05) is 17.8 Å². The van der Waals surface area contributed by atoms with Crippen LogP contribution in [-0.2, 0) is 11.3 Å². The molecule has 0 aromatic carbocycles. The molecule has 2 heterocycles. The number of imide groups is 1. The number of nitrogens with one attached hydrogen (secondary N) is 2. The molecule has 8 nitrogen and oxygen atoms in total. The van der Waals surface area contributed by atoms with Crippen molar-refractivity contribution >= 4 is 23.7 Å². The summed E-state index contributed by atoms with van der Waals surface area (Å²) in [5.74, 6) is 1.02. The monoisotopic (exact) mass is 363 g/mol. The first-order valence-electron chi connectivity index (χ1n) is 7.74. The lowest BCUT2D eigenvalue weighted by Gasteiger charge is -2.09. The van der Waals surface area contributed by atoms with Crippen molar-refractivity contribution in [3.05, 3.63) is 30.7 Å². The van der Waals surface area contributed by atoms with Gasteiger partial charge in [0.25, 0.3) is 0 Å². The normalized spacial score (nSPS) is 10.7. The first-order valence-corrected chi connectivity index (χ1v) is 8.72. The summed E-state index contributed by atoms with van der Waals surface area (Å²) in [6.07, 6.45) is 3.31. The van der Waals surface area contributed by atoms with Crippen LogP contribution in [0.1, 0.15) is 19.6 Å². The molecule has 9 heteroatoms. The number of rotatable bonds is 7. The maximum atomic E-state index is 11.9. The van der Waals surface area contributed by atoms with Crippen LogP contribution in [0.3, 0.4) is 0 Å². The number of nitrogens with zero attached hydrogens (tertiary/aromatic N) is 3. The van der Waals surface area contributed by atoms with Crippen molar-refractivity contribution < 1.29 is 14.0 Å². The lowest BCUT2D eigenvalue weighted by atomic mass is 10.2. The van der Waals surface area contributed by atoms with Gasteiger partial charge in [0.05, 0.1) is 17.6 Å². The molecule has 0 aliphatic carbocycles. The van der Waals surface area contributed by atoms with Gasteiger partial charge in [0.1, 0.15) is 5.76 Å². The minimum Gasteiger partial charge on any atom is -0.469 e. The van der Waals surface area contributed by atoms with Gasteiger partial charge >= 0.3 is 6.03 Å². The highest BCUT2D eigenvalue weighted by Crippen LogP contribution is 2.26. The zero-order valence-electron chi connectivity index (χ0n) is 14.4. The molecule has 0 bridgehead atoms. The topological polar surface area (TPSA) is 102 Å². The molecule has 2 rings (SSSR count). The zero-order chi connectivity index (χ0) is 18.4. The molecule has 0 aliphatic rings. The summed E-state index contributed by atoms with van der Waals surface area (Å²) >= 11 is 1.20. The van der Waals surface area contributed by atoms with Crippen LogP contribution in [-0.4, -0.2) is 38.5 Å². The van der Waals surface area contributed by atoms with E-state index in [4.69, 9.17) is 4.42 Å². The van der Waals surface area contributed by atoms with Crippen LogP contribution >= 0.6 is 11.8 Å². The molecular weight excluding hydrogens is 342 g/mol. The number of carbonyl (C=O) groups excluding carboxylic acids is 2. The summed E-state index contributed by atoms with van der Waals surface area (Å²) in [5.41, 5.74) is 0.835. The molecule has 2 aromatic rings. The Kier molecular flexibility index (Phi) is 6.40. The van der Waals surface area contributed by atoms with Gasteiger partial charge in [0, 0.05) is 12.6 Å². The second-order valence-corrected chi connectivity index (χ2v) is 6.50. The third-order valence-corrected chi connectivity index (χ3v) is 4.10. The summed E-state index contributed by atoms with van der Waals surface area (Å²) in [4.78, 5) is 23.4. The van der Waals surface area contributed by atoms with Crippen molar-refractivity contribution in [1.82, 2.24) is 25.4 Å². The average Bonchev–Trinajstić information content (AvgIpc) is 3.11. The molecule has 25 heavy (non-hydrogen) atoms. The fourth-order valence-corrected chi connectivity index (χ4v) is 2.84. The third kappa shape index (κ3) is 4.96. The fraction of sp³-hybridized carbons (Fsp3) is 0.375. The molecule has 0 saturated heterocycles. The van der Waals surface area contributed by atoms with Crippen LogP contribution < -0.4 is 10.6 Å². The fourth-order valence-electron chi connectivity index (χ4n) is 2.10. The number of hydrogen-bond acceptors (Lipinski definition) is 6.